The van der Waals surface area contributed by atoms with E-state index >= 15 is 4.57 Å². The maximum atomic E-state index is 16.9. The second kappa shape index (κ2) is 14.7. The van der Waals surface area contributed by atoms with Crippen LogP contribution in [0.2, 0.25) is 0 Å². The van der Waals surface area contributed by atoms with Gasteiger partial charge >= 0.3 is 0 Å². The van der Waals surface area contributed by atoms with Crippen LogP contribution in [0.15, 0.2) is 224 Å². The van der Waals surface area contributed by atoms with Crippen molar-refractivity contribution in [2.24, 2.45) is 0 Å². The van der Waals surface area contributed by atoms with Crippen LogP contribution in [0.3, 0.4) is 0 Å². The predicted octanol–water partition coefficient (Wildman–Crippen LogP) is 12.4. The van der Waals surface area contributed by atoms with Crippen molar-refractivity contribution in [2.75, 3.05) is 4.90 Å². The van der Waals surface area contributed by atoms with Crippen molar-refractivity contribution in [3.8, 4) is 27.9 Å². The average Bonchev–Trinajstić information content (AvgIpc) is 3.73. The lowest BCUT2D eigenvalue weighted by atomic mass is 9.62. The first-order valence-electron chi connectivity index (χ1n) is 22.6. The minimum Gasteiger partial charge on any atom is -0.310 e. The first-order chi connectivity index (χ1) is 32.2. The fourth-order valence-corrected chi connectivity index (χ4v) is 14.5. The van der Waals surface area contributed by atoms with Crippen LogP contribution in [0.1, 0.15) is 35.1 Å². The highest BCUT2D eigenvalue weighted by Crippen LogP contribution is 2.60. The topological polar surface area (TPSA) is 25.2 Å². The number of anilines is 3. The zero-order valence-corrected chi connectivity index (χ0v) is 36.6. The number of hydrogen-bond donors (Lipinski definition) is 0. The number of hydrogen-bond acceptors (Lipinski definition) is 2. The summed E-state index contributed by atoms with van der Waals surface area (Å²) in [6.07, 6.45) is 6.87. The zero-order chi connectivity index (χ0) is 43.1. The van der Waals surface area contributed by atoms with E-state index in [9.17, 15) is 0 Å². The Hall–Kier alpha value is -7.71. The highest BCUT2D eigenvalue weighted by atomic mass is 31.2. The fourth-order valence-electron chi connectivity index (χ4n) is 11.4. The van der Waals surface area contributed by atoms with Crippen molar-refractivity contribution in [3.05, 3.63) is 257 Å². The maximum absolute atomic E-state index is 16.9. The number of nitrogens with zero attached hydrogens (tertiary/aromatic N) is 2. The van der Waals surface area contributed by atoms with Gasteiger partial charge in [-0.05, 0) is 94.3 Å². The molecule has 0 saturated carbocycles. The van der Waals surface area contributed by atoms with Crippen LogP contribution in [0, 0.1) is 0 Å². The Balaban J connectivity index is 1.16. The molecule has 4 heteroatoms. The molecule has 3 heterocycles. The van der Waals surface area contributed by atoms with E-state index in [0.717, 1.165) is 79.3 Å². The summed E-state index contributed by atoms with van der Waals surface area (Å²) in [5, 5.41) is 6.42. The van der Waals surface area contributed by atoms with Gasteiger partial charge in [0, 0.05) is 48.8 Å². The number of rotatable bonds is 6. The van der Waals surface area contributed by atoms with E-state index in [1.54, 1.807) is 0 Å². The molecule has 9 aromatic carbocycles. The van der Waals surface area contributed by atoms with Crippen LogP contribution in [-0.4, -0.2) is 4.57 Å². The summed E-state index contributed by atoms with van der Waals surface area (Å²) < 4.78 is 19.4. The van der Waals surface area contributed by atoms with Gasteiger partial charge in [0.1, 0.15) is 0 Å². The number of aromatic nitrogens is 1. The van der Waals surface area contributed by atoms with Gasteiger partial charge in [-0.25, -0.2) is 0 Å². The molecule has 1 aliphatic carbocycles. The van der Waals surface area contributed by atoms with Crippen LogP contribution in [0.4, 0.5) is 17.1 Å². The summed E-state index contributed by atoms with van der Waals surface area (Å²) in [4.78, 5) is 2.40. The minimum absolute atomic E-state index is 0.820. The Bertz CT molecular complexity index is 3690. The van der Waals surface area contributed by atoms with Crippen LogP contribution in [-0.2, 0) is 9.98 Å². The van der Waals surface area contributed by atoms with Crippen molar-refractivity contribution in [2.45, 2.75) is 18.3 Å². The number of para-hydroxylation sites is 3. The second-order valence-electron chi connectivity index (χ2n) is 17.4. The predicted molar refractivity (Wildman–Crippen MR) is 271 cm³/mol. The summed E-state index contributed by atoms with van der Waals surface area (Å²) in [5.74, 6) is 0. The Kier molecular flexibility index (Phi) is 8.54. The van der Waals surface area contributed by atoms with E-state index in [-0.39, 0.29) is 0 Å². The van der Waals surface area contributed by atoms with Crippen molar-refractivity contribution < 1.29 is 4.57 Å². The Morgan fingerprint density at radius 1 is 0.462 bits per heavy atom. The van der Waals surface area contributed by atoms with E-state index in [1.165, 1.54) is 38.2 Å². The lowest BCUT2D eigenvalue weighted by Crippen LogP contribution is -2.49. The van der Waals surface area contributed by atoms with Gasteiger partial charge in [-0.3, -0.25) is 0 Å². The Labute approximate surface area is 378 Å². The molecule has 13 rings (SSSR count). The van der Waals surface area contributed by atoms with Crippen molar-refractivity contribution in [1.29, 1.82) is 0 Å². The van der Waals surface area contributed by atoms with Crippen LogP contribution < -0.4 is 31.4 Å². The Morgan fingerprint density at radius 3 is 1.86 bits per heavy atom. The van der Waals surface area contributed by atoms with E-state index in [1.807, 2.05) is 18.2 Å². The molecule has 2 aliphatic heterocycles. The quantitative estimate of drug-likeness (QED) is 0.156. The molecule has 65 heavy (non-hydrogen) atoms. The van der Waals surface area contributed by atoms with Crippen molar-refractivity contribution in [3.63, 3.8) is 0 Å². The monoisotopic (exact) mass is 850 g/mol. The summed E-state index contributed by atoms with van der Waals surface area (Å²) in [5.41, 5.74) is 13.7. The molecular formula is C61H43N2OP. The molecule has 308 valence electrons. The molecule has 1 aromatic heterocycles. The molecular weight excluding hydrogens is 808 g/mol. The smallest absolute Gasteiger partial charge is 0.171 e. The van der Waals surface area contributed by atoms with Gasteiger partial charge in [-0.15, -0.1) is 0 Å². The average molecular weight is 851 g/mol. The molecule has 0 saturated heterocycles. The molecule has 1 spiro atoms. The van der Waals surface area contributed by atoms with Crippen LogP contribution in [0.5, 0.6) is 0 Å². The van der Waals surface area contributed by atoms with Gasteiger partial charge in [0.05, 0.1) is 22.3 Å². The molecule has 0 radical (unpaired) electrons. The molecule has 0 fully saturated rings. The molecule has 2 unspecified atom stereocenters. The standard InChI is InChI=1S/C61H43N2OP/c64-65(47-23-8-3-9-24-47)58-34-17-13-29-52(58)61(51-28-12-16-33-57(51)63-56-32-15-11-26-49(56)50-27-18-30-53(61)60(50)63)54-41-46(39-40-59(54)65)62(45-37-35-43(36-38-45)42-19-4-1-5-20-42)55-31-14-10-25-48(55)44-21-6-2-7-22-44/h1-10,12-14,16-41H,11,15H2. The van der Waals surface area contributed by atoms with Gasteiger partial charge in [-0.1, -0.05) is 194 Å². The lowest BCUT2D eigenvalue weighted by molar-refractivity contribution is 0.590. The third-order valence-electron chi connectivity index (χ3n) is 14.1. The van der Waals surface area contributed by atoms with E-state index < -0.39 is 12.6 Å². The SMILES string of the molecule is O=P1(c2ccccc2)c2ccccc2C2(c3ccccc3-n3c4c(c5cccc2c53)=CCCC=4)c2cc(N(c3ccc(-c4ccccc4)cc3)c3ccccc3-c3ccccc3)ccc21. The zero-order valence-electron chi connectivity index (χ0n) is 35.7. The minimum atomic E-state index is -3.45. The summed E-state index contributed by atoms with van der Waals surface area (Å²) in [6, 6.07) is 80.4. The molecule has 10 aromatic rings. The van der Waals surface area contributed by atoms with Crippen molar-refractivity contribution >= 4 is 63.2 Å². The van der Waals surface area contributed by atoms with E-state index in [0.29, 0.717) is 0 Å². The molecule has 3 aliphatic rings. The Morgan fingerprint density at radius 2 is 1.06 bits per heavy atom. The van der Waals surface area contributed by atoms with Crippen LogP contribution >= 0.6 is 7.14 Å². The van der Waals surface area contributed by atoms with Gasteiger partial charge in [-0.2, -0.15) is 0 Å². The summed E-state index contributed by atoms with van der Waals surface area (Å²) >= 11 is 0. The first kappa shape index (κ1) is 37.8. The summed E-state index contributed by atoms with van der Waals surface area (Å²) in [7, 11) is -3.45. The molecule has 0 N–H and O–H groups in total. The highest BCUT2D eigenvalue weighted by molar-refractivity contribution is 7.85. The summed E-state index contributed by atoms with van der Waals surface area (Å²) in [6.45, 7) is 0. The normalized spacial score (nSPS) is 17.5. The fraction of sp³-hybridized carbons (Fsp3) is 0.0492. The van der Waals surface area contributed by atoms with E-state index in [4.69, 9.17) is 0 Å². The largest absolute Gasteiger partial charge is 0.310 e. The van der Waals surface area contributed by atoms with Gasteiger partial charge in [0.25, 0.3) is 0 Å². The highest BCUT2D eigenvalue weighted by Gasteiger charge is 2.54. The van der Waals surface area contributed by atoms with Crippen LogP contribution in [0.25, 0.3) is 51.0 Å². The second-order valence-corrected chi connectivity index (χ2v) is 20.1. The molecule has 2 atom stereocenters. The van der Waals surface area contributed by atoms with E-state index in [2.05, 4.69) is 228 Å². The number of benzene rings is 9. The third-order valence-corrected chi connectivity index (χ3v) is 17.2. The lowest BCUT2D eigenvalue weighted by Gasteiger charge is -2.48. The maximum Gasteiger partial charge on any atom is 0.171 e. The first-order valence-corrected chi connectivity index (χ1v) is 24.3. The van der Waals surface area contributed by atoms with Gasteiger partial charge in [0.15, 0.2) is 7.14 Å². The third kappa shape index (κ3) is 5.40. The molecule has 0 amide bonds. The van der Waals surface area contributed by atoms with Crippen molar-refractivity contribution in [1.82, 2.24) is 4.57 Å². The van der Waals surface area contributed by atoms with Gasteiger partial charge in [0.2, 0.25) is 0 Å². The molecule has 0 bridgehead atoms. The molecule has 3 nitrogen and oxygen atoms in total. The number of fused-ring (bicyclic) bond motifs is 11. The van der Waals surface area contributed by atoms with Gasteiger partial charge < -0.3 is 14.0 Å².